The molecule has 13 heteroatoms. The number of nitrogens with zero attached hydrogens (tertiary/aromatic N) is 2. The molecule has 0 atom stereocenters. The fourth-order valence-electron chi connectivity index (χ4n) is 3.27. The Morgan fingerprint density at radius 1 is 1.11 bits per heavy atom. The number of ether oxygens (including phenoxy) is 1. The molecule has 0 radical (unpaired) electrons. The Kier molecular flexibility index (Phi) is 7.20. The van der Waals surface area contributed by atoms with E-state index in [-0.39, 0.29) is 21.9 Å². The van der Waals surface area contributed by atoms with Crippen LogP contribution in [-0.2, 0) is 11.4 Å². The molecular formula is C23H18FN5O6S. The average Bonchev–Trinajstić information content (AvgIpc) is 3.38. The molecule has 0 saturated heterocycles. The Morgan fingerprint density at radius 3 is 2.69 bits per heavy atom. The van der Waals surface area contributed by atoms with Crippen LogP contribution >= 0.6 is 11.3 Å². The first kappa shape index (κ1) is 24.3. The van der Waals surface area contributed by atoms with Crippen molar-refractivity contribution in [2.45, 2.75) is 6.54 Å². The van der Waals surface area contributed by atoms with Gasteiger partial charge < -0.3 is 25.3 Å². The van der Waals surface area contributed by atoms with E-state index in [0.29, 0.717) is 17.7 Å². The lowest BCUT2D eigenvalue weighted by Gasteiger charge is -2.15. The monoisotopic (exact) mass is 511 g/mol. The molecule has 4 aromatic rings. The first-order valence-corrected chi connectivity index (χ1v) is 11.1. The predicted molar refractivity (Wildman–Crippen MR) is 129 cm³/mol. The molecule has 0 aliphatic rings. The molecule has 2 amide bonds. The second kappa shape index (κ2) is 10.7. The second-order valence-corrected chi connectivity index (χ2v) is 8.06. The van der Waals surface area contributed by atoms with Gasteiger partial charge in [-0.3, -0.25) is 9.97 Å². The van der Waals surface area contributed by atoms with Crippen molar-refractivity contribution < 1.29 is 33.5 Å². The number of amides is 2. The summed E-state index contributed by atoms with van der Waals surface area (Å²) in [7, 11) is 1.37. The van der Waals surface area contributed by atoms with Gasteiger partial charge in [-0.2, -0.15) is 5.48 Å². The molecule has 0 aliphatic heterocycles. The molecule has 2 aromatic heterocycles. The molecular weight excluding hydrogens is 493 g/mol. The molecule has 0 spiro atoms. The molecule has 11 nitrogen and oxygen atoms in total. The number of methoxy groups -OCH3 is 1. The number of para-hydroxylation sites is 1. The van der Waals surface area contributed by atoms with Crippen LogP contribution in [0.2, 0.25) is 0 Å². The van der Waals surface area contributed by atoms with Gasteiger partial charge in [-0.1, -0.05) is 12.1 Å². The Hall–Kier alpha value is -4.78. The van der Waals surface area contributed by atoms with Crippen molar-refractivity contribution in [1.29, 1.82) is 0 Å². The number of benzene rings is 2. The third-order valence-electron chi connectivity index (χ3n) is 4.91. The topological polar surface area (TPSA) is 152 Å². The zero-order valence-corrected chi connectivity index (χ0v) is 19.4. The van der Waals surface area contributed by atoms with Gasteiger partial charge in [-0.15, -0.1) is 11.3 Å². The number of aromatic nitrogens is 2. The van der Waals surface area contributed by atoms with E-state index in [1.165, 1.54) is 24.6 Å². The summed E-state index contributed by atoms with van der Waals surface area (Å²) in [5.41, 5.74) is 3.95. The summed E-state index contributed by atoms with van der Waals surface area (Å²) in [5, 5.41) is 15.8. The van der Waals surface area contributed by atoms with Crippen molar-refractivity contribution in [2.24, 2.45) is 0 Å². The molecule has 0 fully saturated rings. The molecule has 0 saturated carbocycles. The molecule has 0 unspecified atom stereocenters. The van der Waals surface area contributed by atoms with Crippen LogP contribution in [-0.4, -0.2) is 40.2 Å². The number of thiophene rings is 1. The van der Waals surface area contributed by atoms with E-state index in [1.54, 1.807) is 12.4 Å². The summed E-state index contributed by atoms with van der Waals surface area (Å²) in [6.07, 6.45) is 3.17. The Morgan fingerprint density at radius 2 is 1.92 bits per heavy atom. The zero-order valence-electron chi connectivity index (χ0n) is 18.6. The van der Waals surface area contributed by atoms with Crippen molar-refractivity contribution >= 4 is 51.7 Å². The number of carbonyl (C=O) groups is 3. The normalized spacial score (nSPS) is 10.5. The number of carbonyl (C=O) groups excluding carboxylic acids is 2. The second-order valence-electron chi connectivity index (χ2n) is 7.14. The van der Waals surface area contributed by atoms with Gasteiger partial charge >= 0.3 is 18.0 Å². The van der Waals surface area contributed by atoms with E-state index in [2.05, 4.69) is 25.4 Å². The van der Waals surface area contributed by atoms with Crippen LogP contribution < -0.4 is 20.9 Å². The van der Waals surface area contributed by atoms with Crippen LogP contribution in [0.1, 0.15) is 25.6 Å². The summed E-state index contributed by atoms with van der Waals surface area (Å²) in [5.74, 6) is -3.01. The van der Waals surface area contributed by atoms with Gasteiger partial charge in [0.15, 0.2) is 5.82 Å². The summed E-state index contributed by atoms with van der Waals surface area (Å²) >= 11 is 0.837. The van der Waals surface area contributed by atoms with Crippen molar-refractivity contribution in [3.05, 3.63) is 76.0 Å². The van der Waals surface area contributed by atoms with E-state index in [1.807, 2.05) is 23.7 Å². The number of halogens is 1. The molecule has 4 N–H and O–H groups in total. The number of hydrogen-bond donors (Lipinski definition) is 4. The highest BCUT2D eigenvalue weighted by atomic mass is 32.1. The van der Waals surface area contributed by atoms with Crippen LogP contribution in [0.4, 0.5) is 20.6 Å². The molecule has 184 valence electrons. The summed E-state index contributed by atoms with van der Waals surface area (Å²) in [6.45, 7) is 0.300. The predicted octanol–water partition coefficient (Wildman–Crippen LogP) is 4.04. The maximum atomic E-state index is 14.6. The smallest absolute Gasteiger partial charge is 0.373 e. The van der Waals surface area contributed by atoms with Crippen molar-refractivity contribution in [1.82, 2.24) is 15.4 Å². The minimum atomic E-state index is -1.32. The minimum absolute atomic E-state index is 0.190. The SMILES string of the molecule is COc1cc(F)c(NC(=O)NOC(=O)c2sccc2C(=O)O)cc1NCc1cccc2nccnc12. The number of carboxylic acids is 1. The van der Waals surface area contributed by atoms with Crippen LogP contribution in [0.3, 0.4) is 0 Å². The fourth-order valence-corrected chi connectivity index (χ4v) is 4.03. The zero-order chi connectivity index (χ0) is 25.7. The third-order valence-corrected chi connectivity index (χ3v) is 5.80. The first-order chi connectivity index (χ1) is 17.4. The summed E-state index contributed by atoms with van der Waals surface area (Å²) in [6, 6.07) is 8.10. The fraction of sp³-hybridized carbons (Fsp3) is 0.0870. The van der Waals surface area contributed by atoms with Crippen molar-refractivity contribution in [2.75, 3.05) is 17.7 Å². The van der Waals surface area contributed by atoms with E-state index >= 15 is 0 Å². The third kappa shape index (κ3) is 5.31. The number of aromatic carboxylic acids is 1. The van der Waals surface area contributed by atoms with Gasteiger partial charge in [0.05, 0.1) is 35.1 Å². The Labute approximate surface area is 206 Å². The van der Waals surface area contributed by atoms with Crippen LogP contribution in [0.15, 0.2) is 54.2 Å². The van der Waals surface area contributed by atoms with Crippen LogP contribution in [0.5, 0.6) is 5.75 Å². The lowest BCUT2D eigenvalue weighted by atomic mass is 10.1. The number of hydroxylamine groups is 1. The van der Waals surface area contributed by atoms with E-state index in [9.17, 15) is 18.8 Å². The molecule has 0 bridgehead atoms. The summed E-state index contributed by atoms with van der Waals surface area (Å²) < 4.78 is 19.8. The average molecular weight is 511 g/mol. The van der Waals surface area contributed by atoms with Crippen LogP contribution in [0, 0.1) is 5.82 Å². The first-order valence-electron chi connectivity index (χ1n) is 10.3. The number of anilines is 2. The van der Waals surface area contributed by atoms with Gasteiger partial charge in [0.2, 0.25) is 0 Å². The van der Waals surface area contributed by atoms with Crippen LogP contribution in [0.25, 0.3) is 11.0 Å². The quantitative estimate of drug-likeness (QED) is 0.269. The van der Waals surface area contributed by atoms with Gasteiger partial charge in [0.1, 0.15) is 10.6 Å². The number of nitrogens with one attached hydrogen (secondary N) is 3. The number of urea groups is 1. The molecule has 4 rings (SSSR count). The highest BCUT2D eigenvalue weighted by molar-refractivity contribution is 7.12. The Bertz CT molecular complexity index is 1450. The van der Waals surface area contributed by atoms with Gasteiger partial charge in [-0.25, -0.2) is 18.8 Å². The van der Waals surface area contributed by atoms with Gasteiger partial charge in [-0.05, 0) is 29.1 Å². The largest absolute Gasteiger partial charge is 0.494 e. The van der Waals surface area contributed by atoms with Crippen molar-refractivity contribution in [3.8, 4) is 5.75 Å². The minimum Gasteiger partial charge on any atom is -0.494 e. The van der Waals surface area contributed by atoms with Gasteiger partial charge in [0, 0.05) is 25.0 Å². The molecule has 0 aliphatic carbocycles. The van der Waals surface area contributed by atoms with E-state index < -0.39 is 23.8 Å². The highest BCUT2D eigenvalue weighted by Gasteiger charge is 2.21. The number of hydrogen-bond acceptors (Lipinski definition) is 9. The van der Waals surface area contributed by atoms with E-state index in [4.69, 9.17) is 9.84 Å². The summed E-state index contributed by atoms with van der Waals surface area (Å²) in [4.78, 5) is 48.5. The lowest BCUT2D eigenvalue weighted by Crippen LogP contribution is -2.31. The lowest BCUT2D eigenvalue weighted by molar-refractivity contribution is 0.0340. The molecule has 2 aromatic carbocycles. The van der Waals surface area contributed by atoms with Crippen molar-refractivity contribution in [3.63, 3.8) is 0 Å². The number of carboxylic acid groups (broad SMARTS) is 1. The standard InChI is InChI=1S/C23H18FN5O6S/c1-34-18-9-14(24)16(28-23(33)29-35-22(32)20-13(21(30)31)5-8-36-20)10-17(18)27-11-12-3-2-4-15-19(12)26-7-6-25-15/h2-10,27H,11H2,1H3,(H,30,31)(H2,28,29,33). The maximum Gasteiger partial charge on any atom is 0.373 e. The van der Waals surface area contributed by atoms with Gasteiger partial charge in [0.25, 0.3) is 0 Å². The van der Waals surface area contributed by atoms with E-state index in [0.717, 1.165) is 28.5 Å². The molecule has 36 heavy (non-hydrogen) atoms. The number of fused-ring (bicyclic) bond motifs is 1. The Balaban J connectivity index is 1.45. The highest BCUT2D eigenvalue weighted by Crippen LogP contribution is 2.31. The maximum absolute atomic E-state index is 14.6. The number of rotatable bonds is 7. The molecule has 2 heterocycles.